The maximum absolute atomic E-state index is 12.8. The number of thioether (sulfide) groups is 1. The summed E-state index contributed by atoms with van der Waals surface area (Å²) < 4.78 is 8.12. The lowest BCUT2D eigenvalue weighted by molar-refractivity contribution is 0.664. The van der Waals surface area contributed by atoms with Gasteiger partial charge in [-0.1, -0.05) is 23.9 Å². The molecule has 2 aromatic carbocycles. The van der Waals surface area contributed by atoms with Crippen molar-refractivity contribution in [1.82, 2.24) is 9.97 Å². The minimum Gasteiger partial charge on any atom is -0.455 e. The van der Waals surface area contributed by atoms with Gasteiger partial charge in [0.2, 0.25) is 5.43 Å². The third-order valence-electron chi connectivity index (χ3n) is 4.08. The molecule has 0 spiro atoms. The van der Waals surface area contributed by atoms with Crippen LogP contribution in [-0.2, 0) is 0 Å². The molecule has 5 aromatic rings. The smallest absolute Gasteiger partial charge is 0.202 e. The van der Waals surface area contributed by atoms with Crippen molar-refractivity contribution in [3.63, 3.8) is 0 Å². The van der Waals surface area contributed by atoms with Crippen molar-refractivity contribution < 1.29 is 4.42 Å². The van der Waals surface area contributed by atoms with Gasteiger partial charge in [0, 0.05) is 6.20 Å². The molecule has 116 valence electrons. The molecule has 0 unspecified atom stereocenters. The van der Waals surface area contributed by atoms with Gasteiger partial charge >= 0.3 is 0 Å². The molecular formula is C18H10N2O2S2. The van der Waals surface area contributed by atoms with Crippen LogP contribution in [0.4, 0.5) is 0 Å². The van der Waals surface area contributed by atoms with Gasteiger partial charge in [0.05, 0.1) is 31.9 Å². The lowest BCUT2D eigenvalue weighted by Gasteiger charge is -2.05. The van der Waals surface area contributed by atoms with E-state index in [2.05, 4.69) is 9.97 Å². The van der Waals surface area contributed by atoms with Crippen molar-refractivity contribution in [1.29, 1.82) is 0 Å². The van der Waals surface area contributed by atoms with Crippen molar-refractivity contribution in [2.75, 3.05) is 6.26 Å². The van der Waals surface area contributed by atoms with Crippen LogP contribution >= 0.6 is 23.1 Å². The van der Waals surface area contributed by atoms with Gasteiger partial charge in [-0.2, -0.15) is 0 Å². The van der Waals surface area contributed by atoms with Gasteiger partial charge in [0.25, 0.3) is 0 Å². The van der Waals surface area contributed by atoms with Gasteiger partial charge in [-0.15, -0.1) is 11.3 Å². The summed E-state index contributed by atoms with van der Waals surface area (Å²) in [5.41, 5.74) is 2.85. The monoisotopic (exact) mass is 350 g/mol. The topological polar surface area (TPSA) is 56.0 Å². The molecule has 0 aliphatic carbocycles. The maximum Gasteiger partial charge on any atom is 0.202 e. The van der Waals surface area contributed by atoms with E-state index in [1.54, 1.807) is 35.4 Å². The number of hydrogen-bond acceptors (Lipinski definition) is 6. The van der Waals surface area contributed by atoms with Gasteiger partial charge < -0.3 is 4.42 Å². The first-order valence-corrected chi connectivity index (χ1v) is 9.38. The number of benzene rings is 2. The molecule has 0 aliphatic rings. The second-order valence-corrected chi connectivity index (χ2v) is 7.47. The Kier molecular flexibility index (Phi) is 2.92. The van der Waals surface area contributed by atoms with Gasteiger partial charge in [0.15, 0.2) is 9.92 Å². The number of hydrogen-bond donors (Lipinski definition) is 0. The highest BCUT2D eigenvalue weighted by Gasteiger charge is 2.15. The standard InChI is InChI=1S/C18H10N2O2S2/c1-23-18-20-12-7-6-11-14(17(12)24-18)16-10(8-19-11)15(21)9-4-2-3-5-13(9)22-16/h2-8H,1H3. The number of thiazole rings is 1. The number of aromatic nitrogens is 2. The molecular weight excluding hydrogens is 340 g/mol. The van der Waals surface area contributed by atoms with E-state index in [4.69, 9.17) is 4.42 Å². The van der Waals surface area contributed by atoms with Crippen molar-refractivity contribution in [2.24, 2.45) is 0 Å². The molecule has 0 bridgehead atoms. The Morgan fingerprint density at radius 2 is 1.92 bits per heavy atom. The van der Waals surface area contributed by atoms with Crippen molar-refractivity contribution >= 4 is 66.2 Å². The molecule has 4 nitrogen and oxygen atoms in total. The fourth-order valence-corrected chi connectivity index (χ4v) is 4.58. The first-order valence-electron chi connectivity index (χ1n) is 7.34. The van der Waals surface area contributed by atoms with E-state index in [0.717, 1.165) is 25.5 Å². The van der Waals surface area contributed by atoms with Crippen LogP contribution in [0.3, 0.4) is 0 Å². The average molecular weight is 350 g/mol. The predicted molar refractivity (Wildman–Crippen MR) is 100 cm³/mol. The number of fused-ring (bicyclic) bond motifs is 6. The molecule has 5 rings (SSSR count). The zero-order valence-electron chi connectivity index (χ0n) is 12.6. The van der Waals surface area contributed by atoms with Crippen LogP contribution < -0.4 is 5.43 Å². The van der Waals surface area contributed by atoms with E-state index in [1.165, 1.54) is 0 Å². The minimum atomic E-state index is -0.0483. The number of nitrogens with zero attached hydrogens (tertiary/aromatic N) is 2. The number of pyridine rings is 1. The zero-order valence-corrected chi connectivity index (χ0v) is 14.2. The lowest BCUT2D eigenvalue weighted by atomic mass is 10.1. The van der Waals surface area contributed by atoms with E-state index < -0.39 is 0 Å². The van der Waals surface area contributed by atoms with Crippen molar-refractivity contribution in [3.8, 4) is 0 Å². The molecule has 0 amide bonds. The Morgan fingerprint density at radius 1 is 1.08 bits per heavy atom. The molecule has 0 atom stereocenters. The first-order chi connectivity index (χ1) is 11.8. The summed E-state index contributed by atoms with van der Waals surface area (Å²) in [4.78, 5) is 21.9. The van der Waals surface area contributed by atoms with Gasteiger partial charge in [-0.25, -0.2) is 4.98 Å². The second kappa shape index (κ2) is 5.03. The lowest BCUT2D eigenvalue weighted by Crippen LogP contribution is -2.02. The summed E-state index contributed by atoms with van der Waals surface area (Å²) in [6.45, 7) is 0. The van der Waals surface area contributed by atoms with Gasteiger partial charge in [-0.3, -0.25) is 9.78 Å². The van der Waals surface area contributed by atoms with Crippen molar-refractivity contribution in [3.05, 3.63) is 52.8 Å². The van der Waals surface area contributed by atoms with Crippen LogP contribution in [-0.4, -0.2) is 16.2 Å². The minimum absolute atomic E-state index is 0.0483. The Labute approximate surface area is 144 Å². The summed E-state index contributed by atoms with van der Waals surface area (Å²) in [5.74, 6) is 0. The normalized spacial score (nSPS) is 11.9. The molecule has 0 N–H and O–H groups in total. The van der Waals surface area contributed by atoms with Crippen LogP contribution in [0.5, 0.6) is 0 Å². The second-order valence-electron chi connectivity index (χ2n) is 5.42. The van der Waals surface area contributed by atoms with E-state index in [9.17, 15) is 4.79 Å². The predicted octanol–water partition coefficient (Wildman–Crippen LogP) is 4.83. The van der Waals surface area contributed by atoms with Crippen molar-refractivity contribution in [2.45, 2.75) is 4.34 Å². The Hall–Kier alpha value is -2.44. The largest absolute Gasteiger partial charge is 0.455 e. The van der Waals surface area contributed by atoms with Crippen LogP contribution in [0.15, 0.2) is 56.1 Å². The molecule has 3 heterocycles. The Bertz CT molecular complexity index is 1320. The summed E-state index contributed by atoms with van der Waals surface area (Å²) in [5, 5.41) is 1.95. The molecule has 0 saturated carbocycles. The zero-order chi connectivity index (χ0) is 16.3. The highest BCUT2D eigenvalue weighted by molar-refractivity contribution is 8.00. The quantitative estimate of drug-likeness (QED) is 0.246. The molecule has 6 heteroatoms. The summed E-state index contributed by atoms with van der Waals surface area (Å²) >= 11 is 3.21. The SMILES string of the molecule is CSc1nc2ccc3ncc4c(=O)c5ccccc5oc4c3c2s1. The molecule has 0 radical (unpaired) electrons. The van der Waals surface area contributed by atoms with E-state index in [0.29, 0.717) is 21.9 Å². The van der Waals surface area contributed by atoms with Gasteiger partial charge in [-0.05, 0) is 30.5 Å². The maximum atomic E-state index is 12.8. The van der Waals surface area contributed by atoms with Crippen LogP contribution in [0.25, 0.3) is 43.1 Å². The fraction of sp³-hybridized carbons (Fsp3) is 0.0556. The van der Waals surface area contributed by atoms with E-state index in [1.807, 2.05) is 36.6 Å². The fourth-order valence-electron chi connectivity index (χ4n) is 2.97. The van der Waals surface area contributed by atoms with Crippen LogP contribution in [0.2, 0.25) is 0 Å². The highest BCUT2D eigenvalue weighted by Crippen LogP contribution is 2.36. The molecule has 0 fully saturated rings. The average Bonchev–Trinajstić information content (AvgIpc) is 3.05. The summed E-state index contributed by atoms with van der Waals surface area (Å²) in [7, 11) is 0. The van der Waals surface area contributed by atoms with Crippen LogP contribution in [0.1, 0.15) is 0 Å². The van der Waals surface area contributed by atoms with E-state index in [-0.39, 0.29) is 5.43 Å². The number of rotatable bonds is 1. The molecule has 0 aliphatic heterocycles. The third kappa shape index (κ3) is 1.84. The molecule has 24 heavy (non-hydrogen) atoms. The van der Waals surface area contributed by atoms with E-state index >= 15 is 0 Å². The summed E-state index contributed by atoms with van der Waals surface area (Å²) in [6, 6.07) is 11.2. The first kappa shape index (κ1) is 13.9. The summed E-state index contributed by atoms with van der Waals surface area (Å²) in [6.07, 6.45) is 3.61. The Balaban J connectivity index is 2.09. The Morgan fingerprint density at radius 3 is 2.79 bits per heavy atom. The molecule has 0 saturated heterocycles. The molecule has 3 aromatic heterocycles. The highest BCUT2D eigenvalue weighted by atomic mass is 32.2. The number of para-hydroxylation sites is 1. The third-order valence-corrected chi connectivity index (χ3v) is 6.16. The van der Waals surface area contributed by atoms with Crippen LogP contribution in [0, 0.1) is 0 Å². The van der Waals surface area contributed by atoms with Gasteiger partial charge in [0.1, 0.15) is 5.58 Å².